The summed E-state index contributed by atoms with van der Waals surface area (Å²) >= 11 is 0. The Morgan fingerprint density at radius 1 is 1.05 bits per heavy atom. The van der Waals surface area contributed by atoms with E-state index in [1.54, 1.807) is 13.2 Å². The first-order valence-corrected chi connectivity index (χ1v) is 6.17. The summed E-state index contributed by atoms with van der Waals surface area (Å²) in [5, 5.41) is 31.2. The molecule has 0 radical (unpaired) electrons. The molecule has 0 saturated carbocycles. The molecule has 0 aliphatic rings. The van der Waals surface area contributed by atoms with E-state index in [2.05, 4.69) is 5.32 Å². The predicted octanol–water partition coefficient (Wildman–Crippen LogP) is 0.946. The number of phenols is 3. The van der Waals surface area contributed by atoms with E-state index in [-0.39, 0.29) is 11.5 Å². The van der Waals surface area contributed by atoms with Gasteiger partial charge in [0, 0.05) is 25.8 Å². The zero-order chi connectivity index (χ0) is 14.1. The third-order valence-electron chi connectivity index (χ3n) is 2.60. The summed E-state index contributed by atoms with van der Waals surface area (Å²) in [5.41, 5.74) is 0.538. The largest absolute Gasteiger partial charge is 0.504 e. The van der Waals surface area contributed by atoms with E-state index in [0.717, 1.165) is 13.0 Å². The van der Waals surface area contributed by atoms with Crippen LogP contribution >= 0.6 is 0 Å². The van der Waals surface area contributed by atoms with E-state index in [0.29, 0.717) is 31.9 Å². The summed E-state index contributed by atoms with van der Waals surface area (Å²) in [5.74, 6) is -1.10. The molecule has 0 aliphatic heterocycles. The number of hydrogen-bond acceptors (Lipinski definition) is 6. The minimum absolute atomic E-state index is 0.288. The van der Waals surface area contributed by atoms with Gasteiger partial charge in [0.2, 0.25) is 5.75 Å². The monoisotopic (exact) mass is 271 g/mol. The second kappa shape index (κ2) is 8.58. The Kier molecular flexibility index (Phi) is 7.02. The van der Waals surface area contributed by atoms with Gasteiger partial charge in [-0.15, -0.1) is 0 Å². The quantitative estimate of drug-likeness (QED) is 0.395. The van der Waals surface area contributed by atoms with Gasteiger partial charge in [-0.1, -0.05) is 6.07 Å². The Hall–Kier alpha value is -1.50. The molecule has 0 spiro atoms. The Labute approximate surface area is 112 Å². The summed E-state index contributed by atoms with van der Waals surface area (Å²) in [6.07, 6.45) is 0.842. The molecular formula is C13H21NO5. The highest BCUT2D eigenvalue weighted by Crippen LogP contribution is 2.36. The fourth-order valence-corrected chi connectivity index (χ4v) is 1.52. The maximum absolute atomic E-state index is 9.59. The Bertz CT molecular complexity index is 384. The molecular weight excluding hydrogens is 250 g/mol. The van der Waals surface area contributed by atoms with Crippen molar-refractivity contribution in [3.05, 3.63) is 17.7 Å². The van der Waals surface area contributed by atoms with Crippen LogP contribution in [0.1, 0.15) is 12.0 Å². The van der Waals surface area contributed by atoms with E-state index in [9.17, 15) is 15.3 Å². The lowest BCUT2D eigenvalue weighted by Crippen LogP contribution is -2.17. The fraction of sp³-hybridized carbons (Fsp3) is 0.538. The van der Waals surface area contributed by atoms with Crippen LogP contribution in [0.3, 0.4) is 0 Å². The number of nitrogens with one attached hydrogen (secondary N) is 1. The Morgan fingerprint density at radius 2 is 1.84 bits per heavy atom. The molecule has 0 amide bonds. The molecule has 1 aromatic carbocycles. The van der Waals surface area contributed by atoms with Gasteiger partial charge in [0.05, 0.1) is 13.2 Å². The SMILES string of the molecule is COCCOCCCNCc1ccc(O)c(O)c1O. The van der Waals surface area contributed by atoms with Crippen molar-refractivity contribution in [2.45, 2.75) is 13.0 Å². The van der Waals surface area contributed by atoms with Crippen molar-refractivity contribution in [1.82, 2.24) is 5.32 Å². The number of rotatable bonds is 9. The first-order valence-electron chi connectivity index (χ1n) is 6.17. The minimum atomic E-state index is -0.484. The summed E-state index contributed by atoms with van der Waals surface area (Å²) in [7, 11) is 1.63. The van der Waals surface area contributed by atoms with Gasteiger partial charge in [-0.2, -0.15) is 0 Å². The normalized spacial score (nSPS) is 10.8. The minimum Gasteiger partial charge on any atom is -0.504 e. The van der Waals surface area contributed by atoms with Crippen molar-refractivity contribution in [1.29, 1.82) is 0 Å². The Balaban J connectivity index is 2.18. The lowest BCUT2D eigenvalue weighted by atomic mass is 10.1. The smallest absolute Gasteiger partial charge is 0.200 e. The van der Waals surface area contributed by atoms with E-state index >= 15 is 0 Å². The van der Waals surface area contributed by atoms with Crippen molar-refractivity contribution in [3.63, 3.8) is 0 Å². The predicted molar refractivity (Wildman–Crippen MR) is 70.5 cm³/mol. The highest BCUT2D eigenvalue weighted by atomic mass is 16.5. The second-order valence-corrected chi connectivity index (χ2v) is 4.08. The van der Waals surface area contributed by atoms with Crippen LogP contribution in [-0.4, -0.2) is 48.8 Å². The molecule has 0 aliphatic carbocycles. The number of aromatic hydroxyl groups is 3. The molecule has 108 valence electrons. The van der Waals surface area contributed by atoms with Gasteiger partial charge in [0.25, 0.3) is 0 Å². The van der Waals surface area contributed by atoms with Crippen LogP contribution in [-0.2, 0) is 16.0 Å². The summed E-state index contributed by atoms with van der Waals surface area (Å²) < 4.78 is 10.1. The van der Waals surface area contributed by atoms with E-state index in [4.69, 9.17) is 9.47 Å². The van der Waals surface area contributed by atoms with Gasteiger partial charge in [-0.25, -0.2) is 0 Å². The van der Waals surface area contributed by atoms with E-state index in [1.165, 1.54) is 6.07 Å². The molecule has 0 unspecified atom stereocenters. The van der Waals surface area contributed by atoms with Crippen molar-refractivity contribution < 1.29 is 24.8 Å². The van der Waals surface area contributed by atoms with Gasteiger partial charge in [0.15, 0.2) is 11.5 Å². The number of phenolic OH excluding ortho intramolecular Hbond substituents is 3. The molecule has 1 rings (SSSR count). The standard InChI is InChI=1S/C13H21NO5/c1-18-7-8-19-6-2-5-14-9-10-3-4-11(15)13(17)12(10)16/h3-4,14-17H,2,5-9H2,1H3. The number of hydrogen-bond donors (Lipinski definition) is 4. The maximum atomic E-state index is 9.59. The molecule has 0 atom stereocenters. The van der Waals surface area contributed by atoms with Crippen molar-refractivity contribution in [2.75, 3.05) is 33.5 Å². The molecule has 0 bridgehead atoms. The number of methoxy groups -OCH3 is 1. The van der Waals surface area contributed by atoms with Crippen LogP contribution < -0.4 is 5.32 Å². The number of benzene rings is 1. The highest BCUT2D eigenvalue weighted by molar-refractivity contribution is 5.52. The first kappa shape index (κ1) is 15.6. The molecule has 0 heterocycles. The summed E-state index contributed by atoms with van der Waals surface area (Å²) in [4.78, 5) is 0. The zero-order valence-corrected chi connectivity index (χ0v) is 11.1. The summed E-state index contributed by atoms with van der Waals surface area (Å²) in [6, 6.07) is 2.91. The average Bonchev–Trinajstić information content (AvgIpc) is 2.41. The second-order valence-electron chi connectivity index (χ2n) is 4.08. The zero-order valence-electron chi connectivity index (χ0n) is 11.1. The molecule has 6 nitrogen and oxygen atoms in total. The third kappa shape index (κ3) is 5.34. The number of ether oxygens (including phenoxy) is 2. The highest BCUT2D eigenvalue weighted by Gasteiger charge is 2.10. The van der Waals surface area contributed by atoms with Gasteiger partial charge in [-0.05, 0) is 19.0 Å². The Morgan fingerprint density at radius 3 is 2.58 bits per heavy atom. The van der Waals surface area contributed by atoms with Crippen molar-refractivity contribution >= 4 is 0 Å². The molecule has 6 heteroatoms. The van der Waals surface area contributed by atoms with Crippen LogP contribution in [0.5, 0.6) is 17.2 Å². The molecule has 1 aromatic rings. The van der Waals surface area contributed by atoms with Crippen LogP contribution in [0.2, 0.25) is 0 Å². The van der Waals surface area contributed by atoms with Crippen LogP contribution in [0.25, 0.3) is 0 Å². The van der Waals surface area contributed by atoms with Crippen LogP contribution in [0.15, 0.2) is 12.1 Å². The maximum Gasteiger partial charge on any atom is 0.200 e. The van der Waals surface area contributed by atoms with Gasteiger partial charge in [0.1, 0.15) is 0 Å². The van der Waals surface area contributed by atoms with Crippen LogP contribution in [0.4, 0.5) is 0 Å². The third-order valence-corrected chi connectivity index (χ3v) is 2.60. The van der Waals surface area contributed by atoms with Gasteiger partial charge >= 0.3 is 0 Å². The molecule has 4 N–H and O–H groups in total. The lowest BCUT2D eigenvalue weighted by molar-refractivity contribution is 0.0694. The topological polar surface area (TPSA) is 91.2 Å². The van der Waals surface area contributed by atoms with E-state index < -0.39 is 5.75 Å². The van der Waals surface area contributed by atoms with Crippen molar-refractivity contribution in [3.8, 4) is 17.2 Å². The van der Waals surface area contributed by atoms with Gasteiger partial charge < -0.3 is 30.1 Å². The fourth-order valence-electron chi connectivity index (χ4n) is 1.52. The summed E-state index contributed by atoms with van der Waals surface area (Å²) in [6.45, 7) is 2.96. The molecule has 0 fully saturated rings. The molecule has 0 saturated heterocycles. The average molecular weight is 271 g/mol. The van der Waals surface area contributed by atoms with Crippen molar-refractivity contribution in [2.24, 2.45) is 0 Å². The first-order chi connectivity index (χ1) is 9.16. The van der Waals surface area contributed by atoms with Gasteiger partial charge in [-0.3, -0.25) is 0 Å². The lowest BCUT2D eigenvalue weighted by Gasteiger charge is -2.09. The molecule has 19 heavy (non-hydrogen) atoms. The van der Waals surface area contributed by atoms with E-state index in [1.807, 2.05) is 0 Å². The molecule has 0 aromatic heterocycles. The van der Waals surface area contributed by atoms with Crippen LogP contribution in [0, 0.1) is 0 Å².